The summed E-state index contributed by atoms with van der Waals surface area (Å²) in [6, 6.07) is 6.11. The summed E-state index contributed by atoms with van der Waals surface area (Å²) in [5, 5.41) is 0. The highest BCUT2D eigenvalue weighted by Gasteiger charge is 2.16. The minimum Gasteiger partial charge on any atom is -0.497 e. The second-order valence-corrected chi connectivity index (χ2v) is 5.99. The Morgan fingerprint density at radius 1 is 1.00 bits per heavy atom. The summed E-state index contributed by atoms with van der Waals surface area (Å²) in [7, 11) is -1.27. The van der Waals surface area contributed by atoms with Crippen LogP contribution in [0, 0.1) is 0 Å². The number of hydrogen-bond acceptors (Lipinski definition) is 6. The van der Waals surface area contributed by atoms with Crippen LogP contribution in [0.2, 0.25) is 0 Å². The SMILES string of the molecule is COc1cc(CP(=O)(O)O)cc(Oc2cc(OC)ncn2)c1. The molecule has 2 N–H and O–H groups in total. The van der Waals surface area contributed by atoms with E-state index in [0.717, 1.165) is 0 Å². The molecule has 0 aliphatic rings. The van der Waals surface area contributed by atoms with Crippen molar-refractivity contribution in [2.24, 2.45) is 0 Å². The van der Waals surface area contributed by atoms with Gasteiger partial charge in [0.2, 0.25) is 11.8 Å². The van der Waals surface area contributed by atoms with Gasteiger partial charge in [-0.05, 0) is 17.7 Å². The largest absolute Gasteiger partial charge is 0.497 e. The number of benzene rings is 1. The van der Waals surface area contributed by atoms with Crippen LogP contribution in [0.5, 0.6) is 23.3 Å². The van der Waals surface area contributed by atoms with Crippen LogP contribution in [0.25, 0.3) is 0 Å². The quantitative estimate of drug-likeness (QED) is 0.775. The second kappa shape index (κ2) is 6.74. The van der Waals surface area contributed by atoms with Crippen molar-refractivity contribution in [2.45, 2.75) is 6.16 Å². The van der Waals surface area contributed by atoms with Crippen molar-refractivity contribution in [3.63, 3.8) is 0 Å². The molecule has 0 amide bonds. The Bertz CT molecular complexity index is 703. The maximum absolute atomic E-state index is 11.1. The molecule has 1 aromatic heterocycles. The van der Waals surface area contributed by atoms with Crippen LogP contribution in [0.4, 0.5) is 0 Å². The maximum Gasteiger partial charge on any atom is 0.329 e. The minimum atomic E-state index is -4.19. The van der Waals surface area contributed by atoms with Gasteiger partial charge in [0.25, 0.3) is 0 Å². The summed E-state index contributed by atoms with van der Waals surface area (Å²) in [6.45, 7) is 0. The highest BCUT2D eigenvalue weighted by atomic mass is 31.2. The van der Waals surface area contributed by atoms with Crippen molar-refractivity contribution in [2.75, 3.05) is 14.2 Å². The lowest BCUT2D eigenvalue weighted by Crippen LogP contribution is -1.95. The van der Waals surface area contributed by atoms with Gasteiger partial charge in [0.15, 0.2) is 0 Å². The molecule has 0 aliphatic carbocycles. The van der Waals surface area contributed by atoms with E-state index in [4.69, 9.17) is 24.0 Å². The van der Waals surface area contributed by atoms with E-state index >= 15 is 0 Å². The lowest BCUT2D eigenvalue weighted by molar-refractivity contribution is 0.371. The summed E-state index contributed by atoms with van der Waals surface area (Å²) in [5.74, 6) is 1.33. The zero-order valence-electron chi connectivity index (χ0n) is 12.0. The van der Waals surface area contributed by atoms with Crippen LogP contribution in [0.15, 0.2) is 30.6 Å². The molecule has 22 heavy (non-hydrogen) atoms. The zero-order chi connectivity index (χ0) is 16.2. The predicted molar refractivity (Wildman–Crippen MR) is 77.4 cm³/mol. The molecule has 118 valence electrons. The number of methoxy groups -OCH3 is 2. The van der Waals surface area contributed by atoms with Crippen LogP contribution in [-0.2, 0) is 10.7 Å². The van der Waals surface area contributed by atoms with Crippen LogP contribution in [-0.4, -0.2) is 34.0 Å². The average molecular weight is 326 g/mol. The summed E-state index contributed by atoms with van der Waals surface area (Å²) in [6.07, 6.45) is 0.874. The summed E-state index contributed by atoms with van der Waals surface area (Å²) in [4.78, 5) is 25.9. The van der Waals surface area contributed by atoms with Gasteiger partial charge in [-0.25, -0.2) is 9.97 Å². The standard InChI is InChI=1S/C13H15N2O6P/c1-19-10-3-9(7-22(16,17)18)4-11(5-10)21-13-6-12(20-2)14-8-15-13/h3-6,8H,7H2,1-2H3,(H2,16,17,18). The van der Waals surface area contributed by atoms with E-state index in [2.05, 4.69) is 9.97 Å². The first-order valence-electron chi connectivity index (χ1n) is 6.16. The van der Waals surface area contributed by atoms with Crippen molar-refractivity contribution in [3.05, 3.63) is 36.2 Å². The summed E-state index contributed by atoms with van der Waals surface area (Å²) in [5.41, 5.74) is 0.392. The molecule has 0 spiro atoms. The Balaban J connectivity index is 2.29. The molecule has 2 rings (SSSR count). The molecule has 1 aromatic carbocycles. The Hall–Kier alpha value is -2.15. The van der Waals surface area contributed by atoms with Gasteiger partial charge in [-0.2, -0.15) is 0 Å². The number of rotatable bonds is 6. The van der Waals surface area contributed by atoms with Crippen LogP contribution >= 0.6 is 7.60 Å². The van der Waals surface area contributed by atoms with Crippen molar-refractivity contribution in [1.29, 1.82) is 0 Å². The normalized spacial score (nSPS) is 11.1. The van der Waals surface area contributed by atoms with E-state index in [0.29, 0.717) is 22.9 Å². The molecule has 2 aromatic rings. The van der Waals surface area contributed by atoms with E-state index in [1.54, 1.807) is 6.07 Å². The minimum absolute atomic E-state index is 0.238. The number of hydrogen-bond donors (Lipinski definition) is 2. The van der Waals surface area contributed by atoms with E-state index < -0.39 is 13.8 Å². The smallest absolute Gasteiger partial charge is 0.329 e. The van der Waals surface area contributed by atoms with Gasteiger partial charge in [-0.15, -0.1) is 0 Å². The summed E-state index contributed by atoms with van der Waals surface area (Å²) >= 11 is 0. The Kier molecular flexibility index (Phi) is 4.97. The number of ether oxygens (including phenoxy) is 3. The molecule has 0 saturated carbocycles. The highest BCUT2D eigenvalue weighted by Crippen LogP contribution is 2.41. The molecule has 0 fully saturated rings. The molecule has 0 saturated heterocycles. The van der Waals surface area contributed by atoms with Crippen molar-refractivity contribution in [1.82, 2.24) is 9.97 Å². The van der Waals surface area contributed by atoms with Gasteiger partial charge in [-0.3, -0.25) is 4.57 Å². The van der Waals surface area contributed by atoms with E-state index in [9.17, 15) is 4.57 Å². The molecular weight excluding hydrogens is 311 g/mol. The first-order valence-corrected chi connectivity index (χ1v) is 7.96. The Labute approximate surface area is 126 Å². The van der Waals surface area contributed by atoms with Crippen LogP contribution in [0.3, 0.4) is 0 Å². The third-order valence-corrected chi connectivity index (χ3v) is 3.39. The van der Waals surface area contributed by atoms with Gasteiger partial charge in [-0.1, -0.05) is 0 Å². The van der Waals surface area contributed by atoms with Gasteiger partial charge in [0.1, 0.15) is 17.8 Å². The van der Waals surface area contributed by atoms with E-state index in [1.165, 1.54) is 38.7 Å². The molecule has 0 unspecified atom stereocenters. The molecule has 0 radical (unpaired) electrons. The number of nitrogens with zero attached hydrogens (tertiary/aromatic N) is 2. The lowest BCUT2D eigenvalue weighted by Gasteiger charge is -2.11. The number of aromatic nitrogens is 2. The summed E-state index contributed by atoms with van der Waals surface area (Å²) < 4.78 is 26.8. The monoisotopic (exact) mass is 326 g/mol. The van der Waals surface area contributed by atoms with E-state index in [1.807, 2.05) is 0 Å². The first-order chi connectivity index (χ1) is 10.4. The molecular formula is C13H15N2O6P. The van der Waals surface area contributed by atoms with Gasteiger partial charge in [0, 0.05) is 6.07 Å². The van der Waals surface area contributed by atoms with Crippen molar-refractivity contribution < 1.29 is 28.6 Å². The average Bonchev–Trinajstić information content (AvgIpc) is 2.45. The van der Waals surface area contributed by atoms with Gasteiger partial charge >= 0.3 is 7.60 Å². The molecule has 0 bridgehead atoms. The van der Waals surface area contributed by atoms with Crippen molar-refractivity contribution >= 4 is 7.60 Å². The molecule has 8 nitrogen and oxygen atoms in total. The third kappa shape index (κ3) is 4.70. The maximum atomic E-state index is 11.1. The molecule has 0 aliphatic heterocycles. The molecule has 0 atom stereocenters. The Morgan fingerprint density at radius 2 is 1.68 bits per heavy atom. The van der Waals surface area contributed by atoms with Gasteiger partial charge in [0.05, 0.1) is 26.4 Å². The molecule has 1 heterocycles. The lowest BCUT2D eigenvalue weighted by atomic mass is 10.2. The fraction of sp³-hybridized carbons (Fsp3) is 0.231. The van der Waals surface area contributed by atoms with E-state index in [-0.39, 0.29) is 5.88 Å². The van der Waals surface area contributed by atoms with Crippen molar-refractivity contribution in [3.8, 4) is 23.3 Å². The van der Waals surface area contributed by atoms with Crippen LogP contribution < -0.4 is 14.2 Å². The topological polar surface area (TPSA) is 111 Å². The highest BCUT2D eigenvalue weighted by molar-refractivity contribution is 7.50. The fourth-order valence-electron chi connectivity index (χ4n) is 1.75. The van der Waals surface area contributed by atoms with Crippen LogP contribution in [0.1, 0.15) is 5.56 Å². The predicted octanol–water partition coefficient (Wildman–Crippen LogP) is 1.96. The second-order valence-electron chi connectivity index (χ2n) is 4.34. The van der Waals surface area contributed by atoms with Gasteiger partial charge < -0.3 is 24.0 Å². The molecule has 9 heteroatoms. The Morgan fingerprint density at radius 3 is 2.32 bits per heavy atom. The fourth-order valence-corrected chi connectivity index (χ4v) is 2.41. The zero-order valence-corrected chi connectivity index (χ0v) is 12.9. The third-order valence-electron chi connectivity index (χ3n) is 2.61. The first kappa shape index (κ1) is 16.2.